The van der Waals surface area contributed by atoms with E-state index in [0.29, 0.717) is 0 Å². The Labute approximate surface area is 51.0 Å². The molecule has 0 radical (unpaired) electrons. The van der Waals surface area contributed by atoms with E-state index in [0.717, 1.165) is 0 Å². The molecule has 0 aromatic heterocycles. The largest absolute Gasteiger partial charge is 0.266 e. The molecule has 2 N–H and O–H groups in total. The van der Waals surface area contributed by atoms with Crippen molar-refractivity contribution in [3.05, 3.63) is 12.0 Å². The molecule has 0 bridgehead atoms. The molecule has 0 aromatic rings. The monoisotopic (exact) mass is 132 g/mol. The molecule has 0 aliphatic heterocycles. The summed E-state index contributed by atoms with van der Waals surface area (Å²) in [7, 11) is -1.97. The Balaban J connectivity index is 4.40. The SMILES string of the molecule is C=CS(=N)(=N)C(C)C. The van der Waals surface area contributed by atoms with Crippen LogP contribution in [0.5, 0.6) is 0 Å². The zero-order valence-electron chi connectivity index (χ0n) is 5.27. The van der Waals surface area contributed by atoms with Crippen LogP contribution >= 0.6 is 0 Å². The number of hydrogen-bond acceptors (Lipinski definition) is 2. The van der Waals surface area contributed by atoms with E-state index in [-0.39, 0.29) is 5.25 Å². The molecule has 0 saturated heterocycles. The third-order valence-corrected chi connectivity index (χ3v) is 3.02. The second-order valence-electron chi connectivity index (χ2n) is 1.92. The van der Waals surface area contributed by atoms with Crippen LogP contribution in [0.15, 0.2) is 12.0 Å². The third kappa shape index (κ3) is 1.66. The van der Waals surface area contributed by atoms with Gasteiger partial charge in [-0.05, 0) is 15.0 Å². The molecular formula is C5H12N2S. The molecule has 0 fully saturated rings. The summed E-state index contributed by atoms with van der Waals surface area (Å²) in [6, 6.07) is 0. The van der Waals surface area contributed by atoms with Crippen LogP contribution in [0, 0.1) is 9.56 Å². The predicted molar refractivity (Wildman–Crippen MR) is 38.1 cm³/mol. The van der Waals surface area contributed by atoms with Crippen LogP contribution < -0.4 is 0 Å². The Morgan fingerprint density at radius 3 is 1.88 bits per heavy atom. The topological polar surface area (TPSA) is 47.7 Å². The van der Waals surface area contributed by atoms with Gasteiger partial charge in [-0.15, -0.1) is 0 Å². The molecular weight excluding hydrogens is 120 g/mol. The molecule has 0 unspecified atom stereocenters. The minimum Gasteiger partial charge on any atom is -0.266 e. The fourth-order valence-corrected chi connectivity index (χ4v) is 0.577. The Bertz CT molecular complexity index is 165. The van der Waals surface area contributed by atoms with Crippen LogP contribution in [0.25, 0.3) is 0 Å². The highest BCUT2D eigenvalue weighted by atomic mass is 32.2. The molecule has 8 heavy (non-hydrogen) atoms. The molecule has 0 aliphatic carbocycles. The van der Waals surface area contributed by atoms with E-state index in [1.165, 1.54) is 5.41 Å². The first-order valence-electron chi connectivity index (χ1n) is 2.44. The minimum absolute atomic E-state index is 0.111. The fourth-order valence-electron chi connectivity index (χ4n) is 0.192. The van der Waals surface area contributed by atoms with Crippen LogP contribution in [0.4, 0.5) is 0 Å². The van der Waals surface area contributed by atoms with Crippen molar-refractivity contribution in [3.63, 3.8) is 0 Å². The summed E-state index contributed by atoms with van der Waals surface area (Å²) in [4.78, 5) is 0. The summed E-state index contributed by atoms with van der Waals surface area (Å²) in [6.45, 7) is 7.16. The van der Waals surface area contributed by atoms with Gasteiger partial charge in [-0.2, -0.15) is 0 Å². The molecule has 0 heterocycles. The van der Waals surface area contributed by atoms with Crippen molar-refractivity contribution in [1.29, 1.82) is 9.56 Å². The molecule has 2 nitrogen and oxygen atoms in total. The Kier molecular flexibility index (Phi) is 2.22. The lowest BCUT2D eigenvalue weighted by Crippen LogP contribution is -2.05. The van der Waals surface area contributed by atoms with Gasteiger partial charge in [0.05, 0.1) is 0 Å². The van der Waals surface area contributed by atoms with Gasteiger partial charge in [0.25, 0.3) is 0 Å². The van der Waals surface area contributed by atoms with Crippen LogP contribution in [-0.4, -0.2) is 5.25 Å². The van der Waals surface area contributed by atoms with Crippen molar-refractivity contribution in [1.82, 2.24) is 0 Å². The van der Waals surface area contributed by atoms with Gasteiger partial charge in [0.15, 0.2) is 0 Å². The normalized spacial score (nSPS) is 11.9. The third-order valence-electron chi connectivity index (χ3n) is 1.01. The first kappa shape index (κ1) is 7.69. The molecule has 0 amide bonds. The maximum atomic E-state index is 7.26. The van der Waals surface area contributed by atoms with Gasteiger partial charge in [-0.25, -0.2) is 0 Å². The lowest BCUT2D eigenvalue weighted by atomic mass is 10.6. The second kappa shape index (κ2) is 2.31. The van der Waals surface area contributed by atoms with Gasteiger partial charge in [-0.1, -0.05) is 20.4 Å². The Morgan fingerprint density at radius 2 is 1.88 bits per heavy atom. The van der Waals surface area contributed by atoms with Gasteiger partial charge in [-0.3, -0.25) is 9.56 Å². The van der Waals surface area contributed by atoms with E-state index in [2.05, 4.69) is 6.58 Å². The van der Waals surface area contributed by atoms with Crippen LogP contribution in [-0.2, 0) is 9.62 Å². The van der Waals surface area contributed by atoms with Gasteiger partial charge in [0.2, 0.25) is 0 Å². The van der Waals surface area contributed by atoms with Gasteiger partial charge < -0.3 is 0 Å². The van der Waals surface area contributed by atoms with E-state index >= 15 is 0 Å². The molecule has 3 heteroatoms. The standard InChI is InChI=1S/C5H12N2S/c1-4-8(6,7)5(2)3/h4-7H,1H2,2-3H3. The lowest BCUT2D eigenvalue weighted by Gasteiger charge is -2.07. The van der Waals surface area contributed by atoms with E-state index < -0.39 is 9.62 Å². The van der Waals surface area contributed by atoms with Crippen molar-refractivity contribution in [2.24, 2.45) is 0 Å². The number of nitrogens with one attached hydrogen (secondary N) is 2. The summed E-state index contributed by atoms with van der Waals surface area (Å²) in [5, 5.41) is 1.54. The van der Waals surface area contributed by atoms with Crippen molar-refractivity contribution in [3.8, 4) is 0 Å². The molecule has 0 spiro atoms. The molecule has 0 atom stereocenters. The zero-order chi connectivity index (χ0) is 6.78. The minimum atomic E-state index is -1.97. The zero-order valence-corrected chi connectivity index (χ0v) is 6.09. The molecule has 0 saturated carbocycles. The highest BCUT2D eigenvalue weighted by molar-refractivity contribution is 7.96. The van der Waals surface area contributed by atoms with E-state index in [1.807, 2.05) is 13.8 Å². The highest BCUT2D eigenvalue weighted by Crippen LogP contribution is 2.02. The van der Waals surface area contributed by atoms with Crippen LogP contribution in [0.3, 0.4) is 0 Å². The fraction of sp³-hybridized carbons (Fsp3) is 0.600. The van der Waals surface area contributed by atoms with Gasteiger partial charge >= 0.3 is 0 Å². The maximum absolute atomic E-state index is 7.26. The summed E-state index contributed by atoms with van der Waals surface area (Å²) < 4.78 is 14.5. The smallest absolute Gasteiger partial charge is 0.0224 e. The lowest BCUT2D eigenvalue weighted by molar-refractivity contribution is 1.09. The number of rotatable bonds is 2. The van der Waals surface area contributed by atoms with Crippen molar-refractivity contribution in [2.75, 3.05) is 0 Å². The average molecular weight is 132 g/mol. The Morgan fingerprint density at radius 1 is 1.50 bits per heavy atom. The van der Waals surface area contributed by atoms with Crippen molar-refractivity contribution >= 4 is 9.62 Å². The van der Waals surface area contributed by atoms with Crippen molar-refractivity contribution in [2.45, 2.75) is 19.1 Å². The first-order chi connectivity index (χ1) is 3.50. The molecule has 0 aromatic carbocycles. The quantitative estimate of drug-likeness (QED) is 0.579. The van der Waals surface area contributed by atoms with Gasteiger partial charge in [0.1, 0.15) is 0 Å². The summed E-state index contributed by atoms with van der Waals surface area (Å²) in [5.41, 5.74) is 0. The summed E-state index contributed by atoms with van der Waals surface area (Å²) >= 11 is 0. The Hall–Kier alpha value is -0.310. The first-order valence-corrected chi connectivity index (χ1v) is 4.20. The molecule has 0 aliphatic rings. The second-order valence-corrected chi connectivity index (χ2v) is 4.62. The summed E-state index contributed by atoms with van der Waals surface area (Å²) in [6.07, 6.45) is 0. The highest BCUT2D eigenvalue weighted by Gasteiger charge is 1.99. The van der Waals surface area contributed by atoms with Crippen LogP contribution in [0.1, 0.15) is 13.8 Å². The average Bonchev–Trinajstić information content (AvgIpc) is 1.67. The predicted octanol–water partition coefficient (Wildman–Crippen LogP) is 2.22. The maximum Gasteiger partial charge on any atom is 0.0224 e. The molecule has 48 valence electrons. The van der Waals surface area contributed by atoms with E-state index in [9.17, 15) is 0 Å². The van der Waals surface area contributed by atoms with Gasteiger partial charge in [0, 0.05) is 5.25 Å². The summed E-state index contributed by atoms with van der Waals surface area (Å²) in [5.74, 6) is 0. The van der Waals surface area contributed by atoms with Crippen LogP contribution in [0.2, 0.25) is 0 Å². The molecule has 0 rings (SSSR count). The van der Waals surface area contributed by atoms with E-state index in [4.69, 9.17) is 9.56 Å². The van der Waals surface area contributed by atoms with E-state index in [1.54, 1.807) is 0 Å². The van der Waals surface area contributed by atoms with Crippen molar-refractivity contribution < 1.29 is 0 Å². The number of hydrogen-bond donors (Lipinski definition) is 2.